The Morgan fingerprint density at radius 2 is 1.92 bits per heavy atom. The van der Waals surface area contributed by atoms with E-state index in [1.807, 2.05) is 11.0 Å². The number of hydrogen-bond acceptors (Lipinski definition) is 7. The molecule has 3 N–H and O–H groups in total. The van der Waals surface area contributed by atoms with Crippen LogP contribution >= 0.6 is 0 Å². The monoisotopic (exact) mass is 500 g/mol. The molecule has 1 fully saturated rings. The van der Waals surface area contributed by atoms with Crippen LogP contribution in [-0.2, 0) is 0 Å². The van der Waals surface area contributed by atoms with Gasteiger partial charge in [0.05, 0.1) is 0 Å². The van der Waals surface area contributed by atoms with Crippen molar-refractivity contribution >= 4 is 34.6 Å². The Morgan fingerprint density at radius 1 is 1.08 bits per heavy atom. The fourth-order valence-corrected chi connectivity index (χ4v) is 4.28. The quantitative estimate of drug-likeness (QED) is 0.366. The normalized spacial score (nSPS) is 15.3. The molecule has 5 rings (SSSR count). The topological polar surface area (TPSA) is 128 Å². The summed E-state index contributed by atoms with van der Waals surface area (Å²) in [5.41, 5.74) is 1.07. The zero-order chi connectivity index (χ0) is 25.8. The second-order valence-electron chi connectivity index (χ2n) is 9.01. The molecule has 3 aromatic heterocycles. The molecule has 0 bridgehead atoms. The molecule has 0 radical (unpaired) electrons. The number of benzene rings is 1. The van der Waals surface area contributed by atoms with Crippen molar-refractivity contribution in [1.29, 1.82) is 0 Å². The number of pyridine rings is 2. The van der Waals surface area contributed by atoms with Gasteiger partial charge in [0.15, 0.2) is 11.5 Å². The molecule has 190 valence electrons. The van der Waals surface area contributed by atoms with E-state index in [1.54, 1.807) is 73.9 Å². The molecule has 1 saturated heterocycles. The minimum atomic E-state index is -0.257. The summed E-state index contributed by atoms with van der Waals surface area (Å²) in [5, 5.41) is 14.3. The third-order valence-corrected chi connectivity index (χ3v) is 6.09. The molecule has 0 saturated carbocycles. The summed E-state index contributed by atoms with van der Waals surface area (Å²) in [7, 11) is 3.52. The molecule has 0 unspecified atom stereocenters. The summed E-state index contributed by atoms with van der Waals surface area (Å²) >= 11 is 0. The van der Waals surface area contributed by atoms with Crippen LogP contribution in [0.25, 0.3) is 11.0 Å². The molecule has 11 heteroatoms. The molecule has 11 nitrogen and oxygen atoms in total. The van der Waals surface area contributed by atoms with Crippen molar-refractivity contribution in [2.45, 2.75) is 18.9 Å². The van der Waals surface area contributed by atoms with Crippen molar-refractivity contribution in [3.05, 3.63) is 66.5 Å². The van der Waals surface area contributed by atoms with Gasteiger partial charge in [-0.2, -0.15) is 5.10 Å². The highest BCUT2D eigenvalue weighted by Crippen LogP contribution is 2.33. The summed E-state index contributed by atoms with van der Waals surface area (Å²) in [6.07, 6.45) is 5.09. The van der Waals surface area contributed by atoms with E-state index in [0.29, 0.717) is 40.9 Å². The van der Waals surface area contributed by atoms with E-state index >= 15 is 0 Å². The minimum Gasteiger partial charge on any atom is -0.456 e. The number of H-pyrrole nitrogens is 1. The third-order valence-electron chi connectivity index (χ3n) is 6.09. The van der Waals surface area contributed by atoms with E-state index in [-0.39, 0.29) is 18.0 Å². The average Bonchev–Trinajstić information content (AvgIpc) is 3.33. The van der Waals surface area contributed by atoms with Gasteiger partial charge in [0.1, 0.15) is 22.7 Å². The van der Waals surface area contributed by atoms with Gasteiger partial charge in [-0.15, -0.1) is 0 Å². The van der Waals surface area contributed by atoms with Crippen molar-refractivity contribution in [2.75, 3.05) is 37.8 Å². The maximum atomic E-state index is 12.5. The number of piperidine rings is 1. The summed E-state index contributed by atoms with van der Waals surface area (Å²) in [4.78, 5) is 36.9. The number of urea groups is 1. The molecule has 4 heterocycles. The van der Waals surface area contributed by atoms with Gasteiger partial charge < -0.3 is 25.2 Å². The van der Waals surface area contributed by atoms with Crippen LogP contribution in [0.5, 0.6) is 11.5 Å². The molecule has 0 aliphatic carbocycles. The number of carbonyl (C=O) groups is 2. The highest BCUT2D eigenvalue weighted by Gasteiger charge is 2.26. The molecule has 1 aromatic carbocycles. The van der Waals surface area contributed by atoms with Crippen molar-refractivity contribution < 1.29 is 14.3 Å². The Labute approximate surface area is 213 Å². The van der Waals surface area contributed by atoms with Gasteiger partial charge in [0.25, 0.3) is 5.91 Å². The first-order valence-corrected chi connectivity index (χ1v) is 12.0. The maximum Gasteiger partial charge on any atom is 0.319 e. The lowest BCUT2D eigenvalue weighted by atomic mass is 10.1. The number of nitrogens with one attached hydrogen (secondary N) is 3. The number of fused-ring (bicyclic) bond motifs is 1. The van der Waals surface area contributed by atoms with E-state index in [4.69, 9.17) is 4.74 Å². The van der Waals surface area contributed by atoms with E-state index in [1.165, 1.54) is 0 Å². The number of rotatable bonds is 6. The zero-order valence-electron chi connectivity index (χ0n) is 20.6. The van der Waals surface area contributed by atoms with Crippen molar-refractivity contribution in [1.82, 2.24) is 30.0 Å². The first-order valence-electron chi connectivity index (χ1n) is 12.0. The fraction of sp³-hybridized carbons (Fsp3) is 0.269. The Hall–Kier alpha value is -4.67. The van der Waals surface area contributed by atoms with Gasteiger partial charge in [-0.3, -0.25) is 9.89 Å². The first kappa shape index (κ1) is 24.0. The van der Waals surface area contributed by atoms with E-state index in [2.05, 4.69) is 30.8 Å². The first-order chi connectivity index (χ1) is 18.0. The summed E-state index contributed by atoms with van der Waals surface area (Å²) in [6, 6.07) is 14.0. The summed E-state index contributed by atoms with van der Waals surface area (Å²) in [5.74, 6) is 1.98. The Bertz CT molecular complexity index is 1390. The Balaban J connectivity index is 1.30. The molecule has 3 amide bonds. The maximum absolute atomic E-state index is 12.5. The largest absolute Gasteiger partial charge is 0.456 e. The second-order valence-corrected chi connectivity index (χ2v) is 9.01. The van der Waals surface area contributed by atoms with Gasteiger partial charge in [-0.05, 0) is 49.2 Å². The van der Waals surface area contributed by atoms with Gasteiger partial charge in [0.2, 0.25) is 0 Å². The predicted octanol–water partition coefficient (Wildman–Crippen LogP) is 3.96. The van der Waals surface area contributed by atoms with Crippen LogP contribution in [-0.4, -0.2) is 75.1 Å². The lowest BCUT2D eigenvalue weighted by Crippen LogP contribution is -2.48. The highest BCUT2D eigenvalue weighted by molar-refractivity contribution is 6.03. The van der Waals surface area contributed by atoms with Gasteiger partial charge in [0, 0.05) is 57.3 Å². The summed E-state index contributed by atoms with van der Waals surface area (Å²) in [6.45, 7) is 1.33. The van der Waals surface area contributed by atoms with Crippen LogP contribution in [0.2, 0.25) is 0 Å². The fourth-order valence-electron chi connectivity index (χ4n) is 4.28. The van der Waals surface area contributed by atoms with Crippen LogP contribution in [0, 0.1) is 0 Å². The van der Waals surface area contributed by atoms with Crippen LogP contribution in [0.4, 0.5) is 16.4 Å². The average molecular weight is 501 g/mol. The molecule has 1 aliphatic heterocycles. The second kappa shape index (κ2) is 10.5. The van der Waals surface area contributed by atoms with Crippen molar-refractivity contribution in [2.24, 2.45) is 0 Å². The molecular weight excluding hydrogens is 472 g/mol. The van der Waals surface area contributed by atoms with Crippen LogP contribution in [0.1, 0.15) is 23.2 Å². The molecule has 4 aromatic rings. The number of aromatic nitrogens is 4. The lowest BCUT2D eigenvalue weighted by molar-refractivity contribution is 0.102. The lowest BCUT2D eigenvalue weighted by Gasteiger charge is -2.34. The number of amides is 3. The van der Waals surface area contributed by atoms with Crippen molar-refractivity contribution in [3.63, 3.8) is 0 Å². The molecule has 1 aliphatic rings. The molecule has 1 atom stereocenters. The molecule has 0 spiro atoms. The smallest absolute Gasteiger partial charge is 0.319 e. The number of nitrogens with zero attached hydrogens (tertiary/aromatic N) is 5. The number of carbonyl (C=O) groups excluding carboxylic acids is 2. The van der Waals surface area contributed by atoms with E-state index in [0.717, 1.165) is 24.8 Å². The van der Waals surface area contributed by atoms with Gasteiger partial charge in [-0.1, -0.05) is 6.07 Å². The van der Waals surface area contributed by atoms with E-state index in [9.17, 15) is 9.59 Å². The minimum absolute atomic E-state index is 0.00114. The van der Waals surface area contributed by atoms with Gasteiger partial charge in [-0.25, -0.2) is 14.8 Å². The standard InChI is InChI=1S/C26H28N8O3/c1-33(2)26(36)34-15-5-6-18(16-34)29-24-22-20(12-14-28-23(22)31-32-24)37-19-10-8-17(9-11-19)25(35)30-21-7-3-4-13-27-21/h3-4,7-14,18H,5-6,15-16H2,1-2H3,(H,27,30,35)(H2,28,29,31,32)/t18-/m1/s1. The zero-order valence-corrected chi connectivity index (χ0v) is 20.6. The number of anilines is 2. The van der Waals surface area contributed by atoms with Crippen molar-refractivity contribution in [3.8, 4) is 11.5 Å². The SMILES string of the molecule is CN(C)C(=O)N1CCC[C@@H](Nc2n[nH]c3nccc(Oc4ccc(C(=O)Nc5ccccn5)cc4)c23)C1. The number of hydrogen-bond donors (Lipinski definition) is 3. The van der Waals surface area contributed by atoms with Crippen LogP contribution < -0.4 is 15.4 Å². The third kappa shape index (κ3) is 5.45. The van der Waals surface area contributed by atoms with E-state index < -0.39 is 0 Å². The Morgan fingerprint density at radius 3 is 2.68 bits per heavy atom. The van der Waals surface area contributed by atoms with Crippen LogP contribution in [0.15, 0.2) is 60.9 Å². The Kier molecular flexibility index (Phi) is 6.84. The number of likely N-dealkylation sites (tertiary alicyclic amines) is 1. The number of aromatic amines is 1. The number of ether oxygens (including phenoxy) is 1. The van der Waals surface area contributed by atoms with Gasteiger partial charge >= 0.3 is 6.03 Å². The molecular formula is C26H28N8O3. The summed E-state index contributed by atoms with van der Waals surface area (Å²) < 4.78 is 6.17. The van der Waals surface area contributed by atoms with Crippen LogP contribution in [0.3, 0.4) is 0 Å². The molecule has 37 heavy (non-hydrogen) atoms. The highest BCUT2D eigenvalue weighted by atomic mass is 16.5. The predicted molar refractivity (Wildman–Crippen MR) is 140 cm³/mol.